The summed E-state index contributed by atoms with van der Waals surface area (Å²) in [6.07, 6.45) is -0.389. The molecule has 4 nitrogen and oxygen atoms in total. The van der Waals surface area contributed by atoms with Gasteiger partial charge in [-0.05, 0) is 12.1 Å². The van der Waals surface area contributed by atoms with Gasteiger partial charge in [-0.2, -0.15) is 4.68 Å². The van der Waals surface area contributed by atoms with Crippen LogP contribution in [0.25, 0.3) is 11.0 Å². The van der Waals surface area contributed by atoms with E-state index in [1.54, 1.807) is 24.3 Å². The molecule has 0 bridgehead atoms. The fourth-order valence-corrected chi connectivity index (χ4v) is 1.66. The largest absolute Gasteiger partial charge is 0.272 e. The maximum atomic E-state index is 12.8. The van der Waals surface area contributed by atoms with E-state index in [-0.39, 0.29) is 6.42 Å². The van der Waals surface area contributed by atoms with Gasteiger partial charge in [0.25, 0.3) is 11.8 Å². The highest BCUT2D eigenvalue weighted by Gasteiger charge is 2.62. The van der Waals surface area contributed by atoms with Gasteiger partial charge in [0, 0.05) is 6.42 Å². The molecule has 1 saturated carbocycles. The summed E-state index contributed by atoms with van der Waals surface area (Å²) < 4.78 is 26.5. The molecule has 2 aromatic rings. The Morgan fingerprint density at radius 2 is 2.12 bits per heavy atom. The van der Waals surface area contributed by atoms with E-state index in [9.17, 15) is 13.6 Å². The molecule has 1 heterocycles. The number of rotatable bonds is 1. The number of hydrogen-bond acceptors (Lipinski definition) is 3. The van der Waals surface area contributed by atoms with Crippen LogP contribution in [0.2, 0.25) is 0 Å². The second kappa shape index (κ2) is 2.84. The zero-order chi connectivity index (χ0) is 11.3. The van der Waals surface area contributed by atoms with Crippen LogP contribution in [0.5, 0.6) is 0 Å². The molecular weight excluding hydrogens is 216 g/mol. The maximum absolute atomic E-state index is 12.8. The van der Waals surface area contributed by atoms with Gasteiger partial charge in [0.1, 0.15) is 11.4 Å². The maximum Gasteiger partial charge on any atom is 0.260 e. The van der Waals surface area contributed by atoms with E-state index >= 15 is 0 Å². The minimum absolute atomic E-state index is 0.389. The zero-order valence-corrected chi connectivity index (χ0v) is 8.10. The number of carbonyl (C=O) groups excluding carboxylic acids is 1. The molecule has 0 amide bonds. The number of carbonyl (C=O) groups is 1. The molecule has 0 N–H and O–H groups in total. The first-order valence-corrected chi connectivity index (χ1v) is 4.82. The molecule has 16 heavy (non-hydrogen) atoms. The lowest BCUT2D eigenvalue weighted by Crippen LogP contribution is -2.17. The third-order valence-corrected chi connectivity index (χ3v) is 2.68. The molecule has 0 radical (unpaired) electrons. The highest BCUT2D eigenvalue weighted by atomic mass is 19.3. The van der Waals surface area contributed by atoms with Gasteiger partial charge in [0.15, 0.2) is 0 Å². The number of fused-ring (bicyclic) bond motifs is 1. The first-order valence-electron chi connectivity index (χ1n) is 4.82. The van der Waals surface area contributed by atoms with Crippen LogP contribution >= 0.6 is 0 Å². The molecule has 6 heteroatoms. The van der Waals surface area contributed by atoms with Crippen molar-refractivity contribution in [2.75, 3.05) is 0 Å². The van der Waals surface area contributed by atoms with Crippen LogP contribution in [0.1, 0.15) is 11.2 Å². The van der Waals surface area contributed by atoms with Crippen molar-refractivity contribution in [1.29, 1.82) is 0 Å². The Bertz CT molecular complexity index is 578. The third kappa shape index (κ3) is 1.22. The zero-order valence-electron chi connectivity index (χ0n) is 8.10. The third-order valence-electron chi connectivity index (χ3n) is 2.68. The predicted molar refractivity (Wildman–Crippen MR) is 51.2 cm³/mol. The number of halogens is 2. The summed E-state index contributed by atoms with van der Waals surface area (Å²) in [7, 11) is 0. The summed E-state index contributed by atoms with van der Waals surface area (Å²) in [5, 5.41) is 7.35. The molecule has 1 aromatic carbocycles. The van der Waals surface area contributed by atoms with Gasteiger partial charge in [-0.15, -0.1) is 5.10 Å². The lowest BCUT2D eigenvalue weighted by Gasteiger charge is -1.98. The van der Waals surface area contributed by atoms with E-state index in [2.05, 4.69) is 10.3 Å². The molecule has 1 aliphatic rings. The van der Waals surface area contributed by atoms with Crippen LogP contribution in [-0.4, -0.2) is 26.8 Å². The minimum atomic E-state index is -2.87. The molecular formula is C10H7F2N3O. The average Bonchev–Trinajstić information content (AvgIpc) is 2.74. The molecule has 1 aliphatic carbocycles. The van der Waals surface area contributed by atoms with Crippen molar-refractivity contribution >= 4 is 16.9 Å². The molecule has 0 spiro atoms. The Morgan fingerprint density at radius 3 is 2.81 bits per heavy atom. The Balaban J connectivity index is 2.04. The van der Waals surface area contributed by atoms with Crippen LogP contribution in [0, 0.1) is 5.92 Å². The predicted octanol–water partition coefficient (Wildman–Crippen LogP) is 1.73. The molecule has 0 saturated heterocycles. The van der Waals surface area contributed by atoms with Crippen molar-refractivity contribution in [3.05, 3.63) is 24.3 Å². The smallest absolute Gasteiger partial charge is 0.260 e. The second-order valence-corrected chi connectivity index (χ2v) is 3.85. The van der Waals surface area contributed by atoms with E-state index in [1.165, 1.54) is 0 Å². The SMILES string of the molecule is O=C([C@H]1CC1(F)F)n1nnc2ccccc21. The standard InChI is InChI=1S/C10H7F2N3O/c11-10(12)5-6(10)9(16)15-8-4-2-1-3-7(8)13-14-15/h1-4,6H,5H2/t6-/m1/s1. The van der Waals surface area contributed by atoms with Gasteiger partial charge in [0.05, 0.1) is 5.52 Å². The molecule has 1 atom stereocenters. The summed E-state index contributed by atoms with van der Waals surface area (Å²) in [5.74, 6) is -4.79. The number of nitrogens with zero attached hydrogens (tertiary/aromatic N) is 3. The highest BCUT2D eigenvalue weighted by molar-refractivity contribution is 5.92. The van der Waals surface area contributed by atoms with Gasteiger partial charge >= 0.3 is 0 Å². The van der Waals surface area contributed by atoms with Crippen molar-refractivity contribution in [3.8, 4) is 0 Å². The fourth-order valence-electron chi connectivity index (χ4n) is 1.66. The molecule has 3 rings (SSSR count). The fraction of sp³-hybridized carbons (Fsp3) is 0.300. The number of alkyl halides is 2. The van der Waals surface area contributed by atoms with Crippen LogP contribution in [0.4, 0.5) is 8.78 Å². The van der Waals surface area contributed by atoms with Gasteiger partial charge in [-0.25, -0.2) is 8.78 Å². The first-order chi connectivity index (χ1) is 7.59. The molecule has 1 fully saturated rings. The second-order valence-electron chi connectivity index (χ2n) is 3.85. The topological polar surface area (TPSA) is 47.8 Å². The van der Waals surface area contributed by atoms with E-state index in [4.69, 9.17) is 0 Å². The summed E-state index contributed by atoms with van der Waals surface area (Å²) in [6, 6.07) is 6.77. The molecule has 1 aromatic heterocycles. The van der Waals surface area contributed by atoms with Gasteiger partial charge < -0.3 is 0 Å². The van der Waals surface area contributed by atoms with Gasteiger partial charge in [-0.3, -0.25) is 4.79 Å². The summed E-state index contributed by atoms with van der Waals surface area (Å²) in [6.45, 7) is 0. The number of para-hydroxylation sites is 1. The molecule has 0 aliphatic heterocycles. The molecule has 0 unspecified atom stereocenters. The van der Waals surface area contributed by atoms with Crippen LogP contribution in [0.15, 0.2) is 24.3 Å². The van der Waals surface area contributed by atoms with Crippen molar-refractivity contribution < 1.29 is 13.6 Å². The quantitative estimate of drug-likeness (QED) is 0.739. The highest BCUT2D eigenvalue weighted by Crippen LogP contribution is 2.49. The Morgan fingerprint density at radius 1 is 1.44 bits per heavy atom. The lowest BCUT2D eigenvalue weighted by molar-refractivity contribution is 0.0679. The van der Waals surface area contributed by atoms with Crippen LogP contribution < -0.4 is 0 Å². The summed E-state index contributed by atoms with van der Waals surface area (Å²) in [5.41, 5.74) is 0.995. The van der Waals surface area contributed by atoms with Crippen LogP contribution in [-0.2, 0) is 0 Å². The van der Waals surface area contributed by atoms with E-state index < -0.39 is 17.7 Å². The van der Waals surface area contributed by atoms with E-state index in [0.29, 0.717) is 11.0 Å². The normalized spacial score (nSPS) is 22.2. The summed E-state index contributed by atoms with van der Waals surface area (Å²) in [4.78, 5) is 11.7. The van der Waals surface area contributed by atoms with Crippen molar-refractivity contribution in [1.82, 2.24) is 15.0 Å². The lowest BCUT2D eigenvalue weighted by atomic mass is 10.3. The number of benzene rings is 1. The van der Waals surface area contributed by atoms with Crippen LogP contribution in [0.3, 0.4) is 0 Å². The van der Waals surface area contributed by atoms with Gasteiger partial charge in [-0.1, -0.05) is 17.3 Å². The first kappa shape index (κ1) is 9.38. The Kier molecular flexibility index (Phi) is 1.66. The monoisotopic (exact) mass is 223 g/mol. The average molecular weight is 223 g/mol. The molecule has 82 valence electrons. The Hall–Kier alpha value is -1.85. The van der Waals surface area contributed by atoms with Crippen molar-refractivity contribution in [2.45, 2.75) is 12.3 Å². The van der Waals surface area contributed by atoms with Gasteiger partial charge in [0.2, 0.25) is 0 Å². The van der Waals surface area contributed by atoms with E-state index in [0.717, 1.165) is 4.68 Å². The van der Waals surface area contributed by atoms with Crippen molar-refractivity contribution in [2.24, 2.45) is 5.92 Å². The number of aromatic nitrogens is 3. The summed E-state index contributed by atoms with van der Waals surface area (Å²) >= 11 is 0. The number of hydrogen-bond donors (Lipinski definition) is 0. The van der Waals surface area contributed by atoms with Crippen molar-refractivity contribution in [3.63, 3.8) is 0 Å². The minimum Gasteiger partial charge on any atom is -0.272 e. The van der Waals surface area contributed by atoms with E-state index in [1.807, 2.05) is 0 Å². The Labute approximate surface area is 88.9 Å².